The third kappa shape index (κ3) is 3.71. The number of furan rings is 1. The maximum absolute atomic E-state index is 14.4. The SMILES string of the molecule is O=C(Nc1cc(N2CCOCC2)ccc1-c1ccccc1F)c1ccoc1. The first-order valence-corrected chi connectivity index (χ1v) is 8.77. The number of anilines is 2. The largest absolute Gasteiger partial charge is 0.472 e. The van der Waals surface area contributed by atoms with Crippen molar-refractivity contribution in [1.82, 2.24) is 0 Å². The molecule has 1 aliphatic heterocycles. The zero-order valence-corrected chi connectivity index (χ0v) is 14.7. The average Bonchev–Trinajstić information content (AvgIpc) is 3.24. The van der Waals surface area contributed by atoms with Crippen LogP contribution in [0, 0.1) is 5.82 Å². The molecule has 5 nitrogen and oxygen atoms in total. The quantitative estimate of drug-likeness (QED) is 0.753. The van der Waals surface area contributed by atoms with Gasteiger partial charge in [-0.05, 0) is 24.3 Å². The van der Waals surface area contributed by atoms with Crippen LogP contribution in [0.5, 0.6) is 0 Å². The summed E-state index contributed by atoms with van der Waals surface area (Å²) in [6, 6.07) is 13.8. The molecule has 1 fully saturated rings. The van der Waals surface area contributed by atoms with Gasteiger partial charge in [-0.3, -0.25) is 4.79 Å². The number of carbonyl (C=O) groups is 1. The fraction of sp³-hybridized carbons (Fsp3) is 0.190. The summed E-state index contributed by atoms with van der Waals surface area (Å²) < 4.78 is 24.8. The fourth-order valence-electron chi connectivity index (χ4n) is 3.16. The summed E-state index contributed by atoms with van der Waals surface area (Å²) in [5.74, 6) is -0.643. The van der Waals surface area contributed by atoms with Crippen LogP contribution in [-0.4, -0.2) is 32.2 Å². The first-order valence-electron chi connectivity index (χ1n) is 8.77. The van der Waals surface area contributed by atoms with Crippen LogP contribution >= 0.6 is 0 Å². The van der Waals surface area contributed by atoms with Crippen molar-refractivity contribution in [3.05, 3.63) is 72.4 Å². The summed E-state index contributed by atoms with van der Waals surface area (Å²) in [5, 5.41) is 2.89. The van der Waals surface area contributed by atoms with Gasteiger partial charge in [0.1, 0.15) is 12.1 Å². The minimum absolute atomic E-state index is 0.305. The predicted molar refractivity (Wildman–Crippen MR) is 102 cm³/mol. The van der Waals surface area contributed by atoms with Crippen molar-refractivity contribution in [3.63, 3.8) is 0 Å². The molecule has 1 amide bonds. The Labute approximate surface area is 156 Å². The van der Waals surface area contributed by atoms with E-state index in [0.717, 1.165) is 18.8 Å². The van der Waals surface area contributed by atoms with Crippen molar-refractivity contribution >= 4 is 17.3 Å². The van der Waals surface area contributed by atoms with Gasteiger partial charge in [0.05, 0.1) is 30.7 Å². The molecule has 0 saturated carbocycles. The van der Waals surface area contributed by atoms with Gasteiger partial charge >= 0.3 is 0 Å². The van der Waals surface area contributed by atoms with Crippen LogP contribution in [0.3, 0.4) is 0 Å². The third-order valence-electron chi connectivity index (χ3n) is 4.57. The molecule has 0 bridgehead atoms. The summed E-state index contributed by atoms with van der Waals surface area (Å²) >= 11 is 0. The van der Waals surface area contributed by atoms with Gasteiger partial charge in [-0.25, -0.2) is 4.39 Å². The Balaban J connectivity index is 1.73. The number of rotatable bonds is 4. The molecule has 0 spiro atoms. The molecule has 3 aromatic rings. The van der Waals surface area contributed by atoms with Crippen molar-refractivity contribution in [2.24, 2.45) is 0 Å². The normalized spacial score (nSPS) is 14.2. The van der Waals surface area contributed by atoms with Gasteiger partial charge in [-0.1, -0.05) is 24.3 Å². The van der Waals surface area contributed by atoms with E-state index >= 15 is 0 Å². The number of carbonyl (C=O) groups excluding carboxylic acids is 1. The number of benzene rings is 2. The maximum atomic E-state index is 14.4. The predicted octanol–water partition coefficient (Wildman–Crippen LogP) is 4.17. The molecule has 27 heavy (non-hydrogen) atoms. The van der Waals surface area contributed by atoms with Crippen molar-refractivity contribution < 1.29 is 18.3 Å². The Morgan fingerprint density at radius 3 is 2.59 bits per heavy atom. The van der Waals surface area contributed by atoms with Crippen molar-refractivity contribution in [2.75, 3.05) is 36.5 Å². The van der Waals surface area contributed by atoms with E-state index in [4.69, 9.17) is 9.15 Å². The van der Waals surface area contributed by atoms with E-state index in [9.17, 15) is 9.18 Å². The highest BCUT2D eigenvalue weighted by molar-refractivity contribution is 6.06. The minimum atomic E-state index is -0.338. The number of nitrogens with one attached hydrogen (secondary N) is 1. The lowest BCUT2D eigenvalue weighted by Crippen LogP contribution is -2.36. The second-order valence-corrected chi connectivity index (χ2v) is 6.28. The van der Waals surface area contributed by atoms with Gasteiger partial charge in [-0.2, -0.15) is 0 Å². The van der Waals surface area contributed by atoms with Crippen LogP contribution in [0.2, 0.25) is 0 Å². The Morgan fingerprint density at radius 1 is 1.04 bits per heavy atom. The zero-order chi connectivity index (χ0) is 18.6. The number of morpholine rings is 1. The lowest BCUT2D eigenvalue weighted by atomic mass is 10.0. The minimum Gasteiger partial charge on any atom is -0.472 e. The molecule has 2 aromatic carbocycles. The van der Waals surface area contributed by atoms with E-state index in [1.807, 2.05) is 18.2 Å². The van der Waals surface area contributed by atoms with E-state index in [0.29, 0.717) is 35.6 Å². The van der Waals surface area contributed by atoms with Gasteiger partial charge in [-0.15, -0.1) is 0 Å². The second kappa shape index (κ2) is 7.63. The van der Waals surface area contributed by atoms with Crippen LogP contribution < -0.4 is 10.2 Å². The highest BCUT2D eigenvalue weighted by Crippen LogP contribution is 2.34. The second-order valence-electron chi connectivity index (χ2n) is 6.28. The number of halogens is 1. The van der Waals surface area contributed by atoms with Crippen LogP contribution in [0.15, 0.2) is 65.5 Å². The van der Waals surface area contributed by atoms with Gasteiger partial charge < -0.3 is 19.4 Å². The van der Waals surface area contributed by atoms with Gasteiger partial charge in [0.25, 0.3) is 5.91 Å². The van der Waals surface area contributed by atoms with Crippen LogP contribution in [0.4, 0.5) is 15.8 Å². The number of nitrogens with zero attached hydrogens (tertiary/aromatic N) is 1. The molecule has 6 heteroatoms. The molecule has 1 N–H and O–H groups in total. The molecular weight excluding hydrogens is 347 g/mol. The number of ether oxygens (including phenoxy) is 1. The Hall–Kier alpha value is -3.12. The Morgan fingerprint density at radius 2 is 1.85 bits per heavy atom. The molecular formula is C21H19FN2O3. The van der Waals surface area contributed by atoms with E-state index in [2.05, 4.69) is 10.2 Å². The number of hydrogen-bond acceptors (Lipinski definition) is 4. The first kappa shape index (κ1) is 17.3. The van der Waals surface area contributed by atoms with Crippen molar-refractivity contribution in [3.8, 4) is 11.1 Å². The average molecular weight is 366 g/mol. The molecule has 138 valence electrons. The molecule has 0 aliphatic carbocycles. The van der Waals surface area contributed by atoms with E-state index < -0.39 is 0 Å². The molecule has 1 aliphatic rings. The van der Waals surface area contributed by atoms with Crippen LogP contribution in [-0.2, 0) is 4.74 Å². The summed E-state index contributed by atoms with van der Waals surface area (Å²) in [7, 11) is 0. The highest BCUT2D eigenvalue weighted by Gasteiger charge is 2.17. The lowest BCUT2D eigenvalue weighted by molar-refractivity contribution is 0.102. The Bertz CT molecular complexity index is 934. The van der Waals surface area contributed by atoms with E-state index in [1.165, 1.54) is 18.6 Å². The van der Waals surface area contributed by atoms with Gasteiger partial charge in [0.15, 0.2) is 0 Å². The first-order chi connectivity index (χ1) is 13.2. The molecule has 0 radical (unpaired) electrons. The summed E-state index contributed by atoms with van der Waals surface area (Å²) in [4.78, 5) is 14.7. The van der Waals surface area contributed by atoms with Crippen LogP contribution in [0.1, 0.15) is 10.4 Å². The molecule has 4 rings (SSSR count). The molecule has 0 atom stereocenters. The van der Waals surface area contributed by atoms with Crippen LogP contribution in [0.25, 0.3) is 11.1 Å². The third-order valence-corrected chi connectivity index (χ3v) is 4.57. The lowest BCUT2D eigenvalue weighted by Gasteiger charge is -2.29. The number of hydrogen-bond donors (Lipinski definition) is 1. The standard InChI is InChI=1S/C21H19FN2O3/c22-19-4-2-1-3-17(19)18-6-5-16(24-8-11-26-12-9-24)13-20(18)23-21(25)15-7-10-27-14-15/h1-7,10,13-14H,8-9,11-12H2,(H,23,25). The van der Waals surface area contributed by atoms with Gasteiger partial charge in [0.2, 0.25) is 0 Å². The smallest absolute Gasteiger partial charge is 0.258 e. The molecule has 1 aromatic heterocycles. The Kier molecular flexibility index (Phi) is 4.89. The van der Waals surface area contributed by atoms with E-state index in [1.54, 1.807) is 24.3 Å². The highest BCUT2D eigenvalue weighted by atomic mass is 19.1. The van der Waals surface area contributed by atoms with Crippen molar-refractivity contribution in [1.29, 1.82) is 0 Å². The zero-order valence-electron chi connectivity index (χ0n) is 14.7. The summed E-state index contributed by atoms with van der Waals surface area (Å²) in [6.07, 6.45) is 2.82. The number of amides is 1. The molecule has 0 unspecified atom stereocenters. The topological polar surface area (TPSA) is 54.7 Å². The van der Waals surface area contributed by atoms with Crippen molar-refractivity contribution in [2.45, 2.75) is 0 Å². The summed E-state index contributed by atoms with van der Waals surface area (Å²) in [6.45, 7) is 2.86. The fourth-order valence-corrected chi connectivity index (χ4v) is 3.16. The van der Waals surface area contributed by atoms with Gasteiger partial charge in [0, 0.05) is 29.9 Å². The molecule has 2 heterocycles. The van der Waals surface area contributed by atoms with E-state index in [-0.39, 0.29) is 11.7 Å². The summed E-state index contributed by atoms with van der Waals surface area (Å²) in [5.41, 5.74) is 2.98. The molecule has 1 saturated heterocycles. The maximum Gasteiger partial charge on any atom is 0.258 e. The monoisotopic (exact) mass is 366 g/mol.